The number of amides is 1. The normalized spacial score (nSPS) is 18.4. The van der Waals surface area contributed by atoms with Crippen LogP contribution in [0, 0.1) is 0 Å². The Morgan fingerprint density at radius 3 is 2.14 bits per heavy atom. The minimum atomic E-state index is -0.487. The second-order valence-corrected chi connectivity index (χ2v) is 11.1. The SMILES string of the molecule is COc1ccc(NC(=O)C2=C(C)NC3=C(C(=O)C[C@@H](c4ccc(OC)c(OC)c4)C3)[C@H]2c2ccc(C(C)C)cc2)cc1. The van der Waals surface area contributed by atoms with Crippen molar-refractivity contribution in [2.45, 2.75) is 51.4 Å². The van der Waals surface area contributed by atoms with Gasteiger partial charge in [0.05, 0.1) is 21.3 Å². The summed E-state index contributed by atoms with van der Waals surface area (Å²) in [6, 6.07) is 21.3. The van der Waals surface area contributed by atoms with E-state index in [1.807, 2.05) is 25.1 Å². The van der Waals surface area contributed by atoms with E-state index in [0.29, 0.717) is 52.8 Å². The van der Waals surface area contributed by atoms with Gasteiger partial charge in [0.2, 0.25) is 0 Å². The number of carbonyl (C=O) groups excluding carboxylic acids is 2. The number of methoxy groups -OCH3 is 3. The molecule has 1 heterocycles. The highest BCUT2D eigenvalue weighted by Gasteiger charge is 2.41. The van der Waals surface area contributed by atoms with Crippen LogP contribution in [0.1, 0.15) is 68.1 Å². The lowest BCUT2D eigenvalue weighted by Crippen LogP contribution is -2.37. The molecule has 3 aromatic rings. The van der Waals surface area contributed by atoms with Gasteiger partial charge in [-0.25, -0.2) is 0 Å². The summed E-state index contributed by atoms with van der Waals surface area (Å²) in [6.45, 7) is 6.21. The molecule has 0 unspecified atom stereocenters. The van der Waals surface area contributed by atoms with Crippen molar-refractivity contribution in [3.05, 3.63) is 106 Å². The first-order valence-corrected chi connectivity index (χ1v) is 14.2. The monoisotopic (exact) mass is 566 g/mol. The number of ketones is 1. The van der Waals surface area contributed by atoms with Gasteiger partial charge in [-0.2, -0.15) is 0 Å². The van der Waals surface area contributed by atoms with Crippen LogP contribution in [-0.4, -0.2) is 33.0 Å². The van der Waals surface area contributed by atoms with E-state index in [9.17, 15) is 9.59 Å². The Bertz CT molecular complexity index is 1550. The number of benzene rings is 3. The maximum absolute atomic E-state index is 14.0. The molecule has 0 bridgehead atoms. The van der Waals surface area contributed by atoms with E-state index in [1.54, 1.807) is 45.6 Å². The highest BCUT2D eigenvalue weighted by Crippen LogP contribution is 2.46. The lowest BCUT2D eigenvalue weighted by Gasteiger charge is -2.37. The zero-order chi connectivity index (χ0) is 30.0. The first-order chi connectivity index (χ1) is 20.2. The molecule has 7 heteroatoms. The molecule has 0 saturated carbocycles. The summed E-state index contributed by atoms with van der Waals surface area (Å²) in [7, 11) is 4.82. The number of nitrogens with one attached hydrogen (secondary N) is 2. The third kappa shape index (κ3) is 5.64. The molecular weight excluding hydrogens is 528 g/mol. The largest absolute Gasteiger partial charge is 0.497 e. The standard InChI is InChI=1S/C35H38N2O5/c1-20(2)22-7-9-23(10-8-22)33-32(35(39)37-26-12-14-27(40-4)15-13-26)21(3)36-28-17-25(18-29(38)34(28)33)24-11-16-30(41-5)31(19-24)42-6/h7-16,19-20,25,33,36H,17-18H2,1-6H3,(H,37,39)/t25-,33-/m0/s1. The van der Waals surface area contributed by atoms with Crippen molar-refractivity contribution in [1.82, 2.24) is 5.32 Å². The fraction of sp³-hybridized carbons (Fsp3) is 0.314. The maximum Gasteiger partial charge on any atom is 0.254 e. The average molecular weight is 567 g/mol. The number of allylic oxidation sites excluding steroid dienone is 3. The summed E-state index contributed by atoms with van der Waals surface area (Å²) in [4.78, 5) is 27.9. The van der Waals surface area contributed by atoms with Crippen LogP contribution in [0.3, 0.4) is 0 Å². The van der Waals surface area contributed by atoms with Crippen molar-refractivity contribution >= 4 is 17.4 Å². The third-order valence-corrected chi connectivity index (χ3v) is 8.24. The predicted molar refractivity (Wildman–Crippen MR) is 164 cm³/mol. The molecule has 218 valence electrons. The van der Waals surface area contributed by atoms with Crippen LogP contribution in [0.2, 0.25) is 0 Å². The van der Waals surface area contributed by atoms with Crippen LogP contribution in [0.15, 0.2) is 89.3 Å². The molecule has 2 N–H and O–H groups in total. The number of hydrogen-bond acceptors (Lipinski definition) is 6. The van der Waals surface area contributed by atoms with E-state index in [1.165, 1.54) is 5.56 Å². The summed E-state index contributed by atoms with van der Waals surface area (Å²) in [5, 5.41) is 6.50. The number of Topliss-reactive ketones (excluding diaryl/α,β-unsaturated/α-hetero) is 1. The quantitative estimate of drug-likeness (QED) is 0.311. The number of rotatable bonds is 8. The van der Waals surface area contributed by atoms with Gasteiger partial charge in [0.1, 0.15) is 5.75 Å². The molecule has 1 aliphatic heterocycles. The second kappa shape index (κ2) is 12.1. The third-order valence-electron chi connectivity index (χ3n) is 8.24. The molecule has 42 heavy (non-hydrogen) atoms. The fourth-order valence-electron chi connectivity index (χ4n) is 5.96. The van der Waals surface area contributed by atoms with E-state index < -0.39 is 5.92 Å². The molecule has 0 aromatic heterocycles. The highest BCUT2D eigenvalue weighted by molar-refractivity contribution is 6.10. The summed E-state index contributed by atoms with van der Waals surface area (Å²) < 4.78 is 16.2. The zero-order valence-corrected chi connectivity index (χ0v) is 25.0. The van der Waals surface area contributed by atoms with E-state index in [2.05, 4.69) is 48.7 Å². The van der Waals surface area contributed by atoms with Gasteiger partial charge < -0.3 is 24.8 Å². The average Bonchev–Trinajstić information content (AvgIpc) is 3.00. The van der Waals surface area contributed by atoms with Crippen LogP contribution in [0.25, 0.3) is 0 Å². The molecule has 0 spiro atoms. The number of anilines is 1. The molecule has 1 aliphatic carbocycles. The molecule has 1 amide bonds. The first-order valence-electron chi connectivity index (χ1n) is 14.2. The van der Waals surface area contributed by atoms with Crippen molar-refractivity contribution < 1.29 is 23.8 Å². The van der Waals surface area contributed by atoms with Gasteiger partial charge in [-0.05, 0) is 78.3 Å². The molecule has 5 rings (SSSR count). The van der Waals surface area contributed by atoms with Gasteiger partial charge in [0.25, 0.3) is 5.91 Å². The Hall–Kier alpha value is -4.52. The van der Waals surface area contributed by atoms with Crippen molar-refractivity contribution in [3.63, 3.8) is 0 Å². The molecule has 3 aromatic carbocycles. The minimum absolute atomic E-state index is 0.0312. The molecule has 2 atom stereocenters. The summed E-state index contributed by atoms with van der Waals surface area (Å²) in [5.74, 6) is 1.63. The van der Waals surface area contributed by atoms with E-state index in [-0.39, 0.29) is 17.6 Å². The Kier molecular flexibility index (Phi) is 8.39. The fourth-order valence-corrected chi connectivity index (χ4v) is 5.96. The number of hydrogen-bond donors (Lipinski definition) is 2. The van der Waals surface area contributed by atoms with Gasteiger partial charge in [-0.15, -0.1) is 0 Å². The number of carbonyl (C=O) groups is 2. The van der Waals surface area contributed by atoms with E-state index >= 15 is 0 Å². The molecule has 0 saturated heterocycles. The Labute approximate surface area is 247 Å². The Balaban J connectivity index is 1.53. The molecular formula is C35H38N2O5. The van der Waals surface area contributed by atoms with Gasteiger partial charge in [0, 0.05) is 40.6 Å². The van der Waals surface area contributed by atoms with Crippen LogP contribution < -0.4 is 24.8 Å². The van der Waals surface area contributed by atoms with Crippen LogP contribution in [0.4, 0.5) is 5.69 Å². The van der Waals surface area contributed by atoms with Crippen molar-refractivity contribution in [3.8, 4) is 17.2 Å². The van der Waals surface area contributed by atoms with Crippen molar-refractivity contribution in [2.24, 2.45) is 0 Å². The lowest BCUT2D eigenvalue weighted by atomic mass is 9.71. The summed E-state index contributed by atoms with van der Waals surface area (Å²) in [5.41, 5.74) is 6.59. The van der Waals surface area contributed by atoms with Gasteiger partial charge in [0.15, 0.2) is 17.3 Å². The Morgan fingerprint density at radius 1 is 0.857 bits per heavy atom. The van der Waals surface area contributed by atoms with Crippen LogP contribution >= 0.6 is 0 Å². The topological polar surface area (TPSA) is 85.9 Å². The van der Waals surface area contributed by atoms with Crippen molar-refractivity contribution in [2.75, 3.05) is 26.6 Å². The summed E-state index contributed by atoms with van der Waals surface area (Å²) in [6.07, 6.45) is 0.977. The maximum atomic E-state index is 14.0. The van der Waals surface area contributed by atoms with Crippen LogP contribution in [0.5, 0.6) is 17.2 Å². The van der Waals surface area contributed by atoms with Gasteiger partial charge >= 0.3 is 0 Å². The molecule has 0 fully saturated rings. The van der Waals surface area contributed by atoms with Crippen LogP contribution in [-0.2, 0) is 9.59 Å². The lowest BCUT2D eigenvalue weighted by molar-refractivity contribution is -0.116. The first kappa shape index (κ1) is 29.0. The van der Waals surface area contributed by atoms with E-state index in [4.69, 9.17) is 14.2 Å². The number of dihydropyridines is 1. The van der Waals surface area contributed by atoms with Gasteiger partial charge in [-0.3, -0.25) is 9.59 Å². The van der Waals surface area contributed by atoms with Gasteiger partial charge in [-0.1, -0.05) is 44.2 Å². The highest BCUT2D eigenvalue weighted by atomic mass is 16.5. The zero-order valence-electron chi connectivity index (χ0n) is 25.0. The van der Waals surface area contributed by atoms with E-state index in [0.717, 1.165) is 22.5 Å². The second-order valence-electron chi connectivity index (χ2n) is 11.1. The van der Waals surface area contributed by atoms with Crippen molar-refractivity contribution in [1.29, 1.82) is 0 Å². The minimum Gasteiger partial charge on any atom is -0.497 e. The Morgan fingerprint density at radius 2 is 1.52 bits per heavy atom. The molecule has 7 nitrogen and oxygen atoms in total. The molecule has 0 radical (unpaired) electrons. The molecule has 2 aliphatic rings. The summed E-state index contributed by atoms with van der Waals surface area (Å²) >= 11 is 0. The predicted octanol–water partition coefficient (Wildman–Crippen LogP) is 6.84. The number of ether oxygens (including phenoxy) is 3. The smallest absolute Gasteiger partial charge is 0.254 e.